The Morgan fingerprint density at radius 3 is 2.93 bits per heavy atom. The summed E-state index contributed by atoms with van der Waals surface area (Å²) in [5.74, 6) is 1.32. The number of amides is 1. The van der Waals surface area contributed by atoms with Gasteiger partial charge in [0.1, 0.15) is 22.4 Å². The summed E-state index contributed by atoms with van der Waals surface area (Å²) < 4.78 is 5.76. The van der Waals surface area contributed by atoms with Gasteiger partial charge in [-0.05, 0) is 57.8 Å². The molecule has 30 heavy (non-hydrogen) atoms. The lowest BCUT2D eigenvalue weighted by molar-refractivity contribution is 0.0944. The number of pyridine rings is 1. The smallest absolute Gasteiger partial charge is 0.280 e. The van der Waals surface area contributed by atoms with E-state index in [1.54, 1.807) is 6.20 Å². The molecule has 9 nitrogen and oxygen atoms in total. The fraction of sp³-hybridized carbons (Fsp3) is 0.450. The first-order valence-electron chi connectivity index (χ1n) is 10.1. The summed E-state index contributed by atoms with van der Waals surface area (Å²) in [5, 5.41) is 9.95. The second-order valence-corrected chi connectivity index (χ2v) is 8.42. The molecule has 0 atom stereocenters. The average Bonchev–Trinajstić information content (AvgIpc) is 3.19. The summed E-state index contributed by atoms with van der Waals surface area (Å²) in [5.41, 5.74) is 1.23. The summed E-state index contributed by atoms with van der Waals surface area (Å²) >= 11 is 1.26. The van der Waals surface area contributed by atoms with E-state index in [1.807, 2.05) is 26.0 Å². The number of hydrogen-bond donors (Lipinski definition) is 3. The Morgan fingerprint density at radius 2 is 2.13 bits per heavy atom. The largest absolute Gasteiger partial charge is 0.473 e. The van der Waals surface area contributed by atoms with Crippen LogP contribution in [0, 0.1) is 5.92 Å². The fourth-order valence-corrected chi connectivity index (χ4v) is 4.10. The molecule has 1 amide bonds. The molecule has 1 aliphatic rings. The first-order valence-corrected chi connectivity index (χ1v) is 10.9. The van der Waals surface area contributed by atoms with Crippen molar-refractivity contribution in [3.05, 3.63) is 29.7 Å². The van der Waals surface area contributed by atoms with Gasteiger partial charge in [-0.25, -0.2) is 19.9 Å². The van der Waals surface area contributed by atoms with E-state index < -0.39 is 0 Å². The Hall–Kier alpha value is -2.85. The molecule has 1 saturated heterocycles. The summed E-state index contributed by atoms with van der Waals surface area (Å²) in [7, 11) is 0. The van der Waals surface area contributed by atoms with E-state index in [0.29, 0.717) is 45.2 Å². The van der Waals surface area contributed by atoms with Crippen LogP contribution in [0.25, 0.3) is 10.3 Å². The first-order chi connectivity index (χ1) is 14.6. The highest BCUT2D eigenvalue weighted by atomic mass is 32.1. The molecule has 3 aromatic heterocycles. The molecule has 0 radical (unpaired) electrons. The molecule has 1 fully saturated rings. The number of hydrogen-bond acceptors (Lipinski definition) is 9. The van der Waals surface area contributed by atoms with Gasteiger partial charge in [-0.1, -0.05) is 11.3 Å². The van der Waals surface area contributed by atoms with Crippen molar-refractivity contribution in [2.24, 2.45) is 5.92 Å². The third-order valence-corrected chi connectivity index (χ3v) is 5.73. The number of carbonyl (C=O) groups is 1. The monoisotopic (exact) mass is 427 g/mol. The maximum atomic E-state index is 12.6. The number of rotatable bonds is 7. The number of piperidine rings is 1. The number of carbonyl (C=O) groups excluding carboxylic acids is 1. The van der Waals surface area contributed by atoms with Gasteiger partial charge in [-0.2, -0.15) is 0 Å². The van der Waals surface area contributed by atoms with Crippen LogP contribution in [-0.4, -0.2) is 51.6 Å². The molecule has 10 heteroatoms. The number of ether oxygens (including phenoxy) is 1. The third-order valence-electron chi connectivity index (χ3n) is 4.77. The number of anilines is 2. The molecule has 1 aliphatic heterocycles. The summed E-state index contributed by atoms with van der Waals surface area (Å²) in [4.78, 5) is 30.7. The normalized spacial score (nSPS) is 14.8. The molecule has 0 unspecified atom stereocenters. The van der Waals surface area contributed by atoms with Gasteiger partial charge in [-0.15, -0.1) is 0 Å². The highest BCUT2D eigenvalue weighted by Crippen LogP contribution is 2.30. The number of nitrogens with zero attached hydrogens (tertiary/aromatic N) is 4. The van der Waals surface area contributed by atoms with E-state index >= 15 is 0 Å². The van der Waals surface area contributed by atoms with Gasteiger partial charge in [0.2, 0.25) is 5.88 Å². The lowest BCUT2D eigenvalue weighted by Crippen LogP contribution is -2.35. The van der Waals surface area contributed by atoms with E-state index in [4.69, 9.17) is 4.74 Å². The van der Waals surface area contributed by atoms with Crippen molar-refractivity contribution in [2.45, 2.75) is 32.8 Å². The van der Waals surface area contributed by atoms with Crippen LogP contribution in [0.5, 0.6) is 5.88 Å². The number of thiazole rings is 1. The number of nitrogens with one attached hydrogen (secondary N) is 3. The minimum absolute atomic E-state index is 0.0135. The molecule has 4 rings (SSSR count). The van der Waals surface area contributed by atoms with Crippen LogP contribution < -0.4 is 20.7 Å². The molecule has 3 N–H and O–H groups in total. The van der Waals surface area contributed by atoms with E-state index in [-0.39, 0.29) is 12.0 Å². The molecule has 0 aliphatic carbocycles. The van der Waals surface area contributed by atoms with Crippen molar-refractivity contribution >= 4 is 39.1 Å². The van der Waals surface area contributed by atoms with Crippen molar-refractivity contribution in [1.29, 1.82) is 0 Å². The maximum Gasteiger partial charge on any atom is 0.280 e. The van der Waals surface area contributed by atoms with Crippen molar-refractivity contribution in [2.75, 3.05) is 25.0 Å². The summed E-state index contributed by atoms with van der Waals surface area (Å²) in [6.45, 7) is 6.55. The van der Waals surface area contributed by atoms with E-state index in [2.05, 4.69) is 35.9 Å². The number of aromatic nitrogens is 4. The lowest BCUT2D eigenvalue weighted by Gasteiger charge is -2.22. The van der Waals surface area contributed by atoms with Gasteiger partial charge in [0.25, 0.3) is 5.91 Å². The van der Waals surface area contributed by atoms with Crippen molar-refractivity contribution in [3.8, 4) is 5.88 Å². The van der Waals surface area contributed by atoms with Crippen LogP contribution in [0.2, 0.25) is 0 Å². The molecule has 0 aromatic carbocycles. The summed E-state index contributed by atoms with van der Waals surface area (Å²) in [6.07, 6.45) is 5.27. The predicted molar refractivity (Wildman–Crippen MR) is 116 cm³/mol. The Balaban J connectivity index is 1.52. The highest BCUT2D eigenvalue weighted by Gasteiger charge is 2.19. The van der Waals surface area contributed by atoms with Gasteiger partial charge in [0, 0.05) is 12.7 Å². The van der Waals surface area contributed by atoms with Crippen LogP contribution in [0.4, 0.5) is 11.5 Å². The fourth-order valence-electron chi connectivity index (χ4n) is 3.27. The van der Waals surface area contributed by atoms with E-state index in [9.17, 15) is 4.79 Å². The zero-order valence-corrected chi connectivity index (χ0v) is 17.8. The van der Waals surface area contributed by atoms with E-state index in [0.717, 1.165) is 25.9 Å². The number of fused-ring (bicyclic) bond motifs is 1. The molecular formula is C20H25N7O2S. The SMILES string of the molecule is CC(C)Oc1ncccc1Nc1ncnc2sc(C(=O)NCC3CCNCC3)nc12. The van der Waals surface area contributed by atoms with Gasteiger partial charge >= 0.3 is 0 Å². The second kappa shape index (κ2) is 9.31. The standard InChI is InChI=1S/C20H25N7O2S/c1-12(2)29-18-14(4-3-7-22-18)26-16-15-19(25-11-24-16)30-20(27-15)17(28)23-10-13-5-8-21-9-6-13/h3-4,7,11-13,21H,5-6,8-10H2,1-2H3,(H,23,28)(H,24,25,26). The van der Waals surface area contributed by atoms with Crippen LogP contribution >= 0.6 is 11.3 Å². The van der Waals surface area contributed by atoms with Crippen molar-refractivity contribution < 1.29 is 9.53 Å². The third kappa shape index (κ3) is 4.82. The van der Waals surface area contributed by atoms with Crippen LogP contribution in [0.1, 0.15) is 36.5 Å². The maximum absolute atomic E-state index is 12.6. The van der Waals surface area contributed by atoms with Crippen LogP contribution in [-0.2, 0) is 0 Å². The Morgan fingerprint density at radius 1 is 1.30 bits per heavy atom. The van der Waals surface area contributed by atoms with Gasteiger partial charge < -0.3 is 20.7 Å². The molecule has 3 aromatic rings. The highest BCUT2D eigenvalue weighted by molar-refractivity contribution is 7.19. The zero-order valence-electron chi connectivity index (χ0n) is 17.0. The lowest BCUT2D eigenvalue weighted by atomic mass is 9.98. The zero-order chi connectivity index (χ0) is 20.9. The summed E-state index contributed by atoms with van der Waals surface area (Å²) in [6, 6.07) is 3.67. The van der Waals surface area contributed by atoms with Crippen molar-refractivity contribution in [1.82, 2.24) is 30.6 Å². The van der Waals surface area contributed by atoms with Crippen molar-refractivity contribution in [3.63, 3.8) is 0 Å². The minimum Gasteiger partial charge on any atom is -0.473 e. The molecule has 0 bridgehead atoms. The quantitative estimate of drug-likeness (QED) is 0.527. The molecule has 158 valence electrons. The Kier molecular flexibility index (Phi) is 6.34. The average molecular weight is 428 g/mol. The van der Waals surface area contributed by atoms with Gasteiger partial charge in [0.15, 0.2) is 10.8 Å². The van der Waals surface area contributed by atoms with Gasteiger partial charge in [-0.3, -0.25) is 4.79 Å². The molecule has 0 spiro atoms. The molecule has 4 heterocycles. The minimum atomic E-state index is -0.173. The first kappa shape index (κ1) is 20.4. The van der Waals surface area contributed by atoms with Crippen LogP contribution in [0.15, 0.2) is 24.7 Å². The van der Waals surface area contributed by atoms with Gasteiger partial charge in [0.05, 0.1) is 6.10 Å². The molecular weight excluding hydrogens is 402 g/mol. The predicted octanol–water partition coefficient (Wildman–Crippen LogP) is 2.74. The molecule has 0 saturated carbocycles. The van der Waals surface area contributed by atoms with E-state index in [1.165, 1.54) is 17.7 Å². The topological polar surface area (TPSA) is 114 Å². The Bertz CT molecular complexity index is 1020. The van der Waals surface area contributed by atoms with Crippen LogP contribution in [0.3, 0.4) is 0 Å². The Labute approximate surface area is 178 Å². The second-order valence-electron chi connectivity index (χ2n) is 7.45.